The molecule has 32 heavy (non-hydrogen) atoms. The van der Waals surface area contributed by atoms with Gasteiger partial charge in [0.2, 0.25) is 5.91 Å². The van der Waals surface area contributed by atoms with Gasteiger partial charge in [-0.2, -0.15) is 13.2 Å². The molecule has 2 aliphatic rings. The van der Waals surface area contributed by atoms with Crippen LogP contribution in [0.1, 0.15) is 12.0 Å². The van der Waals surface area contributed by atoms with Crippen molar-refractivity contribution >= 4 is 34.8 Å². The molecule has 2 fully saturated rings. The topological polar surface area (TPSA) is 53.1 Å². The highest BCUT2D eigenvalue weighted by Gasteiger charge is 2.44. The van der Waals surface area contributed by atoms with E-state index in [1.165, 1.54) is 6.07 Å². The highest BCUT2D eigenvalue weighted by Crippen LogP contribution is 2.38. The van der Waals surface area contributed by atoms with E-state index in [-0.39, 0.29) is 12.1 Å². The summed E-state index contributed by atoms with van der Waals surface area (Å²) in [4.78, 5) is 30.5. The number of nitrogens with zero attached hydrogens (tertiary/aromatic N) is 3. The number of hydrogen-bond acceptors (Lipinski definition) is 5. The van der Waals surface area contributed by atoms with Gasteiger partial charge in [0.1, 0.15) is 5.75 Å². The maximum atomic E-state index is 13.2. The first kappa shape index (κ1) is 22.4. The minimum Gasteiger partial charge on any atom is -0.495 e. The van der Waals surface area contributed by atoms with Crippen molar-refractivity contribution in [3.63, 3.8) is 0 Å². The number of amides is 2. The molecule has 0 aliphatic carbocycles. The van der Waals surface area contributed by atoms with Crippen LogP contribution in [0.5, 0.6) is 5.75 Å². The van der Waals surface area contributed by atoms with Gasteiger partial charge < -0.3 is 9.64 Å². The van der Waals surface area contributed by atoms with Gasteiger partial charge in [0.15, 0.2) is 0 Å². The lowest BCUT2D eigenvalue weighted by atomic mass is 10.1. The quantitative estimate of drug-likeness (QED) is 0.640. The number of para-hydroxylation sites is 2. The van der Waals surface area contributed by atoms with Gasteiger partial charge in [0, 0.05) is 26.2 Å². The van der Waals surface area contributed by atoms with Crippen molar-refractivity contribution in [1.29, 1.82) is 0 Å². The molecule has 0 spiro atoms. The largest absolute Gasteiger partial charge is 0.495 e. The number of carbonyl (C=O) groups is 2. The second-order valence-electron chi connectivity index (χ2n) is 7.64. The van der Waals surface area contributed by atoms with Crippen LogP contribution in [0.15, 0.2) is 42.5 Å². The van der Waals surface area contributed by atoms with E-state index < -0.39 is 34.6 Å². The molecule has 2 aromatic rings. The van der Waals surface area contributed by atoms with Crippen LogP contribution in [-0.2, 0) is 15.8 Å². The summed E-state index contributed by atoms with van der Waals surface area (Å²) in [6, 6.07) is 10.0. The predicted octanol–water partition coefficient (Wildman–Crippen LogP) is 3.82. The van der Waals surface area contributed by atoms with Crippen molar-refractivity contribution in [3.8, 4) is 5.75 Å². The van der Waals surface area contributed by atoms with Crippen LogP contribution >= 0.6 is 11.6 Å². The Morgan fingerprint density at radius 2 is 1.72 bits per heavy atom. The summed E-state index contributed by atoms with van der Waals surface area (Å²) in [5, 5.41) is -0.482. The number of piperazine rings is 1. The number of hydrogen-bond donors (Lipinski definition) is 0. The minimum absolute atomic E-state index is 0.0720. The Morgan fingerprint density at radius 3 is 2.38 bits per heavy atom. The fraction of sp³-hybridized carbons (Fsp3) is 0.364. The summed E-state index contributed by atoms with van der Waals surface area (Å²) in [6.45, 7) is 2.31. The standard InChI is InChI=1S/C22H21ClF3N3O3/c1-32-19-5-3-2-4-17(19)27-8-10-28(11-9-27)18-13-20(30)29(21(18)31)14-6-7-16(23)15(12-14)22(24,25)26/h2-7,12,18H,8-11,13H2,1H3. The Hall–Kier alpha value is -2.78. The van der Waals surface area contributed by atoms with Crippen LogP contribution in [0.4, 0.5) is 24.5 Å². The van der Waals surface area contributed by atoms with Crippen LogP contribution < -0.4 is 14.5 Å². The summed E-state index contributed by atoms with van der Waals surface area (Å²) in [6.07, 6.45) is -4.76. The summed E-state index contributed by atoms with van der Waals surface area (Å²) in [5.74, 6) is -0.291. The number of ether oxygens (including phenoxy) is 1. The third kappa shape index (κ3) is 4.14. The van der Waals surface area contributed by atoms with E-state index in [1.54, 1.807) is 7.11 Å². The average molecular weight is 468 g/mol. The lowest BCUT2D eigenvalue weighted by Gasteiger charge is -2.38. The second-order valence-corrected chi connectivity index (χ2v) is 8.05. The molecule has 2 saturated heterocycles. The normalized spacial score (nSPS) is 20.2. The number of methoxy groups -OCH3 is 1. The van der Waals surface area contributed by atoms with Gasteiger partial charge in [-0.15, -0.1) is 0 Å². The average Bonchev–Trinajstić information content (AvgIpc) is 3.07. The molecule has 0 saturated carbocycles. The Morgan fingerprint density at radius 1 is 1.03 bits per heavy atom. The number of benzene rings is 2. The number of imide groups is 1. The van der Waals surface area contributed by atoms with Gasteiger partial charge in [-0.1, -0.05) is 23.7 Å². The molecule has 4 rings (SSSR count). The minimum atomic E-state index is -4.69. The van der Waals surface area contributed by atoms with Crippen molar-refractivity contribution < 1.29 is 27.5 Å². The smallest absolute Gasteiger partial charge is 0.417 e. The molecule has 170 valence electrons. The van der Waals surface area contributed by atoms with Crippen molar-refractivity contribution in [2.24, 2.45) is 0 Å². The van der Waals surface area contributed by atoms with Crippen molar-refractivity contribution in [1.82, 2.24) is 4.90 Å². The molecule has 1 atom stereocenters. The van der Waals surface area contributed by atoms with E-state index in [9.17, 15) is 22.8 Å². The Kier molecular flexibility index (Phi) is 6.05. The van der Waals surface area contributed by atoms with Crippen molar-refractivity contribution in [3.05, 3.63) is 53.1 Å². The second kappa shape index (κ2) is 8.63. The van der Waals surface area contributed by atoms with Crippen molar-refractivity contribution in [2.75, 3.05) is 43.1 Å². The third-order valence-corrected chi connectivity index (χ3v) is 6.15. The Balaban J connectivity index is 1.49. The number of carbonyl (C=O) groups excluding carboxylic acids is 2. The van der Waals surface area contributed by atoms with Crippen LogP contribution in [-0.4, -0.2) is 56.0 Å². The first-order valence-electron chi connectivity index (χ1n) is 10.1. The third-order valence-electron chi connectivity index (χ3n) is 5.82. The molecule has 6 nitrogen and oxygen atoms in total. The predicted molar refractivity (Wildman–Crippen MR) is 114 cm³/mol. The van der Waals surface area contributed by atoms with E-state index in [1.807, 2.05) is 29.2 Å². The zero-order valence-corrected chi connectivity index (χ0v) is 18.0. The van der Waals surface area contributed by atoms with Crippen LogP contribution in [0, 0.1) is 0 Å². The molecule has 0 aromatic heterocycles. The molecule has 0 radical (unpaired) electrons. The lowest BCUT2D eigenvalue weighted by molar-refractivity contribution is -0.137. The van der Waals surface area contributed by atoms with Crippen LogP contribution in [0.25, 0.3) is 0 Å². The summed E-state index contributed by atoms with van der Waals surface area (Å²) >= 11 is 5.67. The van der Waals surface area contributed by atoms with E-state index in [4.69, 9.17) is 16.3 Å². The Labute approximate surface area is 188 Å². The molecule has 2 amide bonds. The van der Waals surface area contributed by atoms with Crippen LogP contribution in [0.2, 0.25) is 5.02 Å². The monoisotopic (exact) mass is 467 g/mol. The molecule has 2 heterocycles. The zero-order chi connectivity index (χ0) is 23.0. The maximum Gasteiger partial charge on any atom is 0.417 e. The summed E-state index contributed by atoms with van der Waals surface area (Å²) in [7, 11) is 1.60. The first-order chi connectivity index (χ1) is 15.2. The van der Waals surface area contributed by atoms with E-state index >= 15 is 0 Å². The summed E-state index contributed by atoms with van der Waals surface area (Å²) in [5.41, 5.74) is -0.246. The lowest BCUT2D eigenvalue weighted by Crippen LogP contribution is -2.52. The molecular weight excluding hydrogens is 447 g/mol. The fourth-order valence-electron chi connectivity index (χ4n) is 4.21. The molecule has 0 bridgehead atoms. The van der Waals surface area contributed by atoms with Gasteiger partial charge in [0.25, 0.3) is 5.91 Å². The number of alkyl halides is 3. The highest BCUT2D eigenvalue weighted by atomic mass is 35.5. The van der Waals surface area contributed by atoms with E-state index in [2.05, 4.69) is 4.90 Å². The van der Waals surface area contributed by atoms with Gasteiger partial charge in [-0.3, -0.25) is 14.5 Å². The molecule has 2 aromatic carbocycles. The molecule has 1 unspecified atom stereocenters. The molecule has 2 aliphatic heterocycles. The summed E-state index contributed by atoms with van der Waals surface area (Å²) < 4.78 is 45.1. The fourth-order valence-corrected chi connectivity index (χ4v) is 4.43. The van der Waals surface area contributed by atoms with Gasteiger partial charge in [-0.25, -0.2) is 4.90 Å². The van der Waals surface area contributed by atoms with Gasteiger partial charge in [-0.05, 0) is 30.3 Å². The van der Waals surface area contributed by atoms with Gasteiger partial charge >= 0.3 is 6.18 Å². The maximum absolute atomic E-state index is 13.2. The number of rotatable bonds is 4. The Bertz CT molecular complexity index is 1040. The highest BCUT2D eigenvalue weighted by molar-refractivity contribution is 6.31. The number of halogens is 4. The molecule has 0 N–H and O–H groups in total. The van der Waals surface area contributed by atoms with Crippen LogP contribution in [0.3, 0.4) is 0 Å². The molecular formula is C22H21ClF3N3O3. The number of anilines is 2. The van der Waals surface area contributed by atoms with E-state index in [0.717, 1.165) is 28.5 Å². The molecule has 10 heteroatoms. The van der Waals surface area contributed by atoms with E-state index in [0.29, 0.717) is 26.2 Å². The van der Waals surface area contributed by atoms with Gasteiger partial charge in [0.05, 0.1) is 41.5 Å². The zero-order valence-electron chi connectivity index (χ0n) is 17.2. The SMILES string of the molecule is COc1ccccc1N1CCN(C2CC(=O)N(c3ccc(Cl)c(C(F)(F)F)c3)C2=O)CC1. The van der Waals surface area contributed by atoms with Crippen molar-refractivity contribution in [2.45, 2.75) is 18.6 Å². The first-order valence-corrected chi connectivity index (χ1v) is 10.4.